The summed E-state index contributed by atoms with van der Waals surface area (Å²) in [5.41, 5.74) is 2.86. The van der Waals surface area contributed by atoms with Crippen molar-refractivity contribution >= 4 is 23.1 Å². The smallest absolute Gasteiger partial charge is 0.193 e. The maximum atomic E-state index is 13.2. The third-order valence-electron chi connectivity index (χ3n) is 4.43. The normalized spacial score (nSPS) is 16.5. The van der Waals surface area contributed by atoms with E-state index in [1.54, 1.807) is 7.11 Å². The van der Waals surface area contributed by atoms with Crippen LogP contribution in [0.5, 0.6) is 11.5 Å². The van der Waals surface area contributed by atoms with Crippen LogP contribution in [0.2, 0.25) is 0 Å². The largest absolute Gasteiger partial charge is 0.493 e. The van der Waals surface area contributed by atoms with E-state index >= 15 is 0 Å². The molecule has 0 saturated carbocycles. The first-order chi connectivity index (χ1) is 13.4. The molecule has 6 heteroatoms. The van der Waals surface area contributed by atoms with Crippen LogP contribution in [0.15, 0.2) is 59.8 Å². The van der Waals surface area contributed by atoms with Gasteiger partial charge in [0.15, 0.2) is 22.4 Å². The average Bonchev–Trinajstić information content (AvgIpc) is 2.67. The molecule has 28 heavy (non-hydrogen) atoms. The number of allylic oxidation sites excluding steroid dienone is 1. The lowest BCUT2D eigenvalue weighted by Gasteiger charge is -2.30. The number of carbonyl (C=O) groups is 1. The molecule has 3 rings (SSSR count). The van der Waals surface area contributed by atoms with Crippen molar-refractivity contribution in [2.75, 3.05) is 7.11 Å². The molecule has 146 valence electrons. The zero-order chi connectivity index (χ0) is 20.3. The van der Waals surface area contributed by atoms with Gasteiger partial charge in [-0.2, -0.15) is 0 Å². The number of thiocarbonyl (C=S) groups is 1. The van der Waals surface area contributed by atoms with Gasteiger partial charge in [-0.25, -0.2) is 0 Å². The fourth-order valence-electron chi connectivity index (χ4n) is 3.20. The lowest BCUT2D eigenvalue weighted by molar-refractivity contribution is 0.102. The highest BCUT2D eigenvalue weighted by molar-refractivity contribution is 7.80. The number of Topliss-reactive ketones (excluding diaryl/α,β-unsaturated/α-hetero) is 1. The van der Waals surface area contributed by atoms with E-state index < -0.39 is 0 Å². The second-order valence-electron chi connectivity index (χ2n) is 6.84. The molecule has 2 N–H and O–H groups in total. The minimum absolute atomic E-state index is 0.0293. The van der Waals surface area contributed by atoms with Gasteiger partial charge in [0.2, 0.25) is 0 Å². The fraction of sp³-hybridized carbons (Fsp3) is 0.273. The van der Waals surface area contributed by atoms with Gasteiger partial charge in [0.1, 0.15) is 0 Å². The van der Waals surface area contributed by atoms with E-state index in [1.165, 1.54) is 0 Å². The van der Waals surface area contributed by atoms with Gasteiger partial charge in [0.05, 0.1) is 19.3 Å². The highest BCUT2D eigenvalue weighted by atomic mass is 32.1. The summed E-state index contributed by atoms with van der Waals surface area (Å²) in [4.78, 5) is 13.2. The van der Waals surface area contributed by atoms with Crippen LogP contribution in [0.4, 0.5) is 0 Å². The first kappa shape index (κ1) is 19.9. The molecule has 5 nitrogen and oxygen atoms in total. The maximum absolute atomic E-state index is 13.2. The van der Waals surface area contributed by atoms with Crippen LogP contribution in [-0.2, 0) is 0 Å². The Morgan fingerprint density at radius 3 is 2.46 bits per heavy atom. The summed E-state index contributed by atoms with van der Waals surface area (Å²) in [6.07, 6.45) is 0.0293. The minimum Gasteiger partial charge on any atom is -0.493 e. The lowest BCUT2D eigenvalue weighted by Crippen LogP contribution is -2.44. The van der Waals surface area contributed by atoms with E-state index in [4.69, 9.17) is 21.7 Å². The van der Waals surface area contributed by atoms with Gasteiger partial charge >= 0.3 is 0 Å². The molecule has 0 aliphatic carbocycles. The summed E-state index contributed by atoms with van der Waals surface area (Å²) in [5, 5.41) is 6.77. The van der Waals surface area contributed by atoms with Crippen molar-refractivity contribution in [1.29, 1.82) is 0 Å². The highest BCUT2D eigenvalue weighted by Gasteiger charge is 2.31. The number of hydrogen-bond acceptors (Lipinski definition) is 4. The molecular weight excluding hydrogens is 372 g/mol. The van der Waals surface area contributed by atoms with Crippen LogP contribution < -0.4 is 20.1 Å². The minimum atomic E-state index is -0.386. The SMILES string of the molecule is COc1cc(C2NC(=S)NC(C)=C2C(=O)c2ccccc2)ccc1OC(C)C. The van der Waals surface area contributed by atoms with Crippen molar-refractivity contribution < 1.29 is 14.3 Å². The van der Waals surface area contributed by atoms with Crippen molar-refractivity contribution in [2.45, 2.75) is 32.9 Å². The number of nitrogens with one attached hydrogen (secondary N) is 2. The summed E-state index contributed by atoms with van der Waals surface area (Å²) in [7, 11) is 1.60. The van der Waals surface area contributed by atoms with Crippen molar-refractivity contribution in [3.05, 3.63) is 70.9 Å². The Balaban J connectivity index is 2.04. The number of benzene rings is 2. The molecular formula is C22H24N2O3S. The Bertz CT molecular complexity index is 923. The van der Waals surface area contributed by atoms with Gasteiger partial charge in [-0.1, -0.05) is 36.4 Å². The Labute approximate surface area is 170 Å². The summed E-state index contributed by atoms with van der Waals surface area (Å²) in [6.45, 7) is 5.79. The Morgan fingerprint density at radius 1 is 1.11 bits per heavy atom. The van der Waals surface area contributed by atoms with Gasteiger partial charge < -0.3 is 20.1 Å². The quantitative estimate of drug-likeness (QED) is 0.565. The maximum Gasteiger partial charge on any atom is 0.193 e. The molecule has 0 fully saturated rings. The van der Waals surface area contributed by atoms with Crippen molar-refractivity contribution in [3.8, 4) is 11.5 Å². The van der Waals surface area contributed by atoms with Crippen LogP contribution in [-0.4, -0.2) is 24.1 Å². The highest BCUT2D eigenvalue weighted by Crippen LogP contribution is 2.35. The molecule has 0 aromatic heterocycles. The second kappa shape index (κ2) is 8.44. The predicted octanol–water partition coefficient (Wildman–Crippen LogP) is 4.16. The van der Waals surface area contributed by atoms with E-state index in [1.807, 2.05) is 69.3 Å². The summed E-state index contributed by atoms with van der Waals surface area (Å²) < 4.78 is 11.3. The topological polar surface area (TPSA) is 59.6 Å². The van der Waals surface area contributed by atoms with Crippen LogP contribution in [0.1, 0.15) is 42.7 Å². The van der Waals surface area contributed by atoms with Crippen LogP contribution in [0.25, 0.3) is 0 Å². The number of methoxy groups -OCH3 is 1. The Hall–Kier alpha value is -2.86. The predicted molar refractivity (Wildman–Crippen MR) is 114 cm³/mol. The number of rotatable bonds is 6. The molecule has 0 saturated heterocycles. The average molecular weight is 397 g/mol. The van der Waals surface area contributed by atoms with E-state index in [2.05, 4.69) is 10.6 Å². The van der Waals surface area contributed by atoms with Crippen molar-refractivity contribution in [3.63, 3.8) is 0 Å². The van der Waals surface area contributed by atoms with Crippen LogP contribution >= 0.6 is 12.2 Å². The monoisotopic (exact) mass is 396 g/mol. The first-order valence-corrected chi connectivity index (χ1v) is 9.54. The second-order valence-corrected chi connectivity index (χ2v) is 7.25. The zero-order valence-corrected chi connectivity index (χ0v) is 17.2. The summed E-state index contributed by atoms with van der Waals surface area (Å²) in [6, 6.07) is 14.5. The van der Waals surface area contributed by atoms with Crippen LogP contribution in [0.3, 0.4) is 0 Å². The molecule has 0 radical (unpaired) electrons. The van der Waals surface area contributed by atoms with Crippen LogP contribution in [0, 0.1) is 0 Å². The molecule has 0 amide bonds. The molecule has 2 aromatic carbocycles. The number of ether oxygens (including phenoxy) is 2. The fourth-order valence-corrected chi connectivity index (χ4v) is 3.48. The molecule has 1 aliphatic heterocycles. The van der Waals surface area contributed by atoms with E-state index in [0.717, 1.165) is 11.3 Å². The molecule has 2 aromatic rings. The molecule has 1 heterocycles. The molecule has 1 atom stereocenters. The lowest BCUT2D eigenvalue weighted by atomic mass is 9.89. The van der Waals surface area contributed by atoms with Gasteiger partial charge in [-0.3, -0.25) is 4.79 Å². The molecule has 1 unspecified atom stereocenters. The van der Waals surface area contributed by atoms with Gasteiger partial charge in [-0.05, 0) is 50.7 Å². The van der Waals surface area contributed by atoms with E-state index in [9.17, 15) is 4.79 Å². The summed E-state index contributed by atoms with van der Waals surface area (Å²) in [5.74, 6) is 1.23. The van der Waals surface area contributed by atoms with Crippen molar-refractivity contribution in [1.82, 2.24) is 10.6 Å². The zero-order valence-electron chi connectivity index (χ0n) is 16.4. The van der Waals surface area contributed by atoms with E-state index in [-0.39, 0.29) is 17.9 Å². The molecule has 0 bridgehead atoms. The molecule has 1 aliphatic rings. The number of ketones is 1. The third-order valence-corrected chi connectivity index (χ3v) is 4.65. The van der Waals surface area contributed by atoms with E-state index in [0.29, 0.717) is 27.7 Å². The summed E-state index contributed by atoms with van der Waals surface area (Å²) >= 11 is 5.34. The third kappa shape index (κ3) is 4.17. The number of carbonyl (C=O) groups excluding carboxylic acids is 1. The van der Waals surface area contributed by atoms with Crippen molar-refractivity contribution in [2.24, 2.45) is 0 Å². The Kier molecular flexibility index (Phi) is 5.99. The Morgan fingerprint density at radius 2 is 1.82 bits per heavy atom. The first-order valence-electron chi connectivity index (χ1n) is 9.13. The van der Waals surface area contributed by atoms with Gasteiger partial charge in [-0.15, -0.1) is 0 Å². The van der Waals surface area contributed by atoms with Gasteiger partial charge in [0.25, 0.3) is 0 Å². The number of hydrogen-bond donors (Lipinski definition) is 2. The standard InChI is InChI=1S/C22H24N2O3S/c1-13(2)27-17-11-10-16(12-18(17)26-4)20-19(14(3)23-22(28)24-20)21(25)15-8-6-5-7-9-15/h5-13,20H,1-4H3,(H2,23,24,28). The molecule has 0 spiro atoms. The van der Waals surface area contributed by atoms with Gasteiger partial charge in [0, 0.05) is 16.8 Å².